The van der Waals surface area contributed by atoms with E-state index in [9.17, 15) is 9.59 Å². The fourth-order valence-electron chi connectivity index (χ4n) is 2.10. The van der Waals surface area contributed by atoms with Crippen LogP contribution in [0.3, 0.4) is 0 Å². The molecule has 6 nitrogen and oxygen atoms in total. The number of benzene rings is 2. The number of rotatable bonds is 6. The third-order valence-corrected chi connectivity index (χ3v) is 4.43. The van der Waals surface area contributed by atoms with Gasteiger partial charge in [-0.1, -0.05) is 35.5 Å². The van der Waals surface area contributed by atoms with Gasteiger partial charge in [-0.25, -0.2) is 4.98 Å². The summed E-state index contributed by atoms with van der Waals surface area (Å²) < 4.78 is 10.7. The highest BCUT2D eigenvalue weighted by atomic mass is 35.5. The van der Waals surface area contributed by atoms with E-state index >= 15 is 0 Å². The molecule has 0 radical (unpaired) electrons. The summed E-state index contributed by atoms with van der Waals surface area (Å²) in [5.41, 5.74) is 1.95. The molecule has 0 saturated carbocycles. The van der Waals surface area contributed by atoms with Gasteiger partial charge in [0.15, 0.2) is 11.7 Å². The molecule has 3 rings (SSSR count). The van der Waals surface area contributed by atoms with Gasteiger partial charge in [0.25, 0.3) is 11.1 Å². The summed E-state index contributed by atoms with van der Waals surface area (Å²) in [6, 6.07) is 14.0. The van der Waals surface area contributed by atoms with Gasteiger partial charge in [-0.3, -0.25) is 9.59 Å². The van der Waals surface area contributed by atoms with Gasteiger partial charge < -0.3 is 14.5 Å². The van der Waals surface area contributed by atoms with Crippen LogP contribution < -0.4 is 5.32 Å². The molecule has 2 aromatic carbocycles. The molecule has 1 heterocycles. The quantitative estimate of drug-likeness (QED) is 0.503. The highest BCUT2D eigenvalue weighted by molar-refractivity contribution is 7.99. The van der Waals surface area contributed by atoms with Crippen LogP contribution in [0.5, 0.6) is 0 Å². The minimum atomic E-state index is -0.928. The third-order valence-electron chi connectivity index (χ3n) is 3.38. The first-order chi connectivity index (χ1) is 12.5. The second kappa shape index (κ2) is 8.25. The number of hydrogen-bond donors (Lipinski definition) is 1. The summed E-state index contributed by atoms with van der Waals surface area (Å²) >= 11 is 6.91. The summed E-state index contributed by atoms with van der Waals surface area (Å²) in [6.07, 6.45) is -0.928. The molecule has 8 heteroatoms. The largest absolute Gasteiger partial charge is 0.452 e. The standard InChI is InChI=1S/C18H15ClN2O4S/c1-11(17(23)20-13-8-6-12(19)7-9-13)24-16(22)10-26-18-21-14-4-2-3-5-15(14)25-18/h2-9,11H,10H2,1H3,(H,20,23). The number of anilines is 1. The van der Waals surface area contributed by atoms with Crippen molar-refractivity contribution in [2.75, 3.05) is 11.1 Å². The molecule has 0 aliphatic heterocycles. The minimum Gasteiger partial charge on any atom is -0.452 e. The Kier molecular flexibility index (Phi) is 5.80. The normalized spacial score (nSPS) is 11.9. The molecule has 0 spiro atoms. The zero-order chi connectivity index (χ0) is 18.5. The van der Waals surface area contributed by atoms with Crippen molar-refractivity contribution in [1.82, 2.24) is 4.98 Å². The van der Waals surface area contributed by atoms with Crippen LogP contribution in [-0.2, 0) is 14.3 Å². The summed E-state index contributed by atoms with van der Waals surface area (Å²) in [4.78, 5) is 28.3. The first kappa shape index (κ1) is 18.3. The van der Waals surface area contributed by atoms with Crippen LogP contribution >= 0.6 is 23.4 Å². The second-order valence-electron chi connectivity index (χ2n) is 5.36. The average molecular weight is 391 g/mol. The Balaban J connectivity index is 1.48. The first-order valence-electron chi connectivity index (χ1n) is 7.75. The molecule has 0 saturated heterocycles. The van der Waals surface area contributed by atoms with E-state index in [1.165, 1.54) is 6.92 Å². The molecule has 1 unspecified atom stereocenters. The molecule has 1 amide bonds. The fraction of sp³-hybridized carbons (Fsp3) is 0.167. The van der Waals surface area contributed by atoms with Crippen LogP contribution in [0, 0.1) is 0 Å². The van der Waals surface area contributed by atoms with Gasteiger partial charge >= 0.3 is 5.97 Å². The number of fused-ring (bicyclic) bond motifs is 1. The van der Waals surface area contributed by atoms with E-state index in [4.69, 9.17) is 20.8 Å². The van der Waals surface area contributed by atoms with Crippen molar-refractivity contribution in [3.8, 4) is 0 Å². The van der Waals surface area contributed by atoms with Gasteiger partial charge in [0.2, 0.25) is 0 Å². The molecule has 0 fully saturated rings. The van der Waals surface area contributed by atoms with E-state index < -0.39 is 18.0 Å². The van der Waals surface area contributed by atoms with Crippen molar-refractivity contribution in [2.24, 2.45) is 0 Å². The Morgan fingerprint density at radius 1 is 1.23 bits per heavy atom. The SMILES string of the molecule is CC(OC(=O)CSc1nc2ccccc2o1)C(=O)Nc1ccc(Cl)cc1. The van der Waals surface area contributed by atoms with Crippen LogP contribution in [0.25, 0.3) is 11.1 Å². The van der Waals surface area contributed by atoms with Crippen LogP contribution in [0.2, 0.25) is 5.02 Å². The fourth-order valence-corrected chi connectivity index (χ4v) is 2.84. The summed E-state index contributed by atoms with van der Waals surface area (Å²) in [5, 5.41) is 3.60. The lowest BCUT2D eigenvalue weighted by atomic mass is 10.3. The molecule has 134 valence electrons. The monoisotopic (exact) mass is 390 g/mol. The zero-order valence-electron chi connectivity index (χ0n) is 13.8. The Labute approximate surface area is 158 Å². The van der Waals surface area contributed by atoms with Gasteiger partial charge in [0.1, 0.15) is 11.3 Å². The van der Waals surface area contributed by atoms with Crippen molar-refractivity contribution >= 4 is 52.0 Å². The average Bonchev–Trinajstić information content (AvgIpc) is 3.05. The number of aromatic nitrogens is 1. The van der Waals surface area contributed by atoms with Gasteiger partial charge in [-0.2, -0.15) is 0 Å². The molecule has 0 aliphatic rings. The Morgan fingerprint density at radius 2 is 1.96 bits per heavy atom. The number of halogens is 1. The number of oxazole rings is 1. The van der Waals surface area contributed by atoms with Crippen LogP contribution in [0.1, 0.15) is 6.92 Å². The van der Waals surface area contributed by atoms with Gasteiger partial charge in [0, 0.05) is 10.7 Å². The van der Waals surface area contributed by atoms with E-state index in [1.54, 1.807) is 30.3 Å². The van der Waals surface area contributed by atoms with Crippen molar-refractivity contribution in [3.05, 3.63) is 53.6 Å². The van der Waals surface area contributed by atoms with E-state index in [0.29, 0.717) is 21.5 Å². The minimum absolute atomic E-state index is 0.00854. The van der Waals surface area contributed by atoms with E-state index in [2.05, 4.69) is 10.3 Å². The van der Waals surface area contributed by atoms with Crippen LogP contribution in [0.4, 0.5) is 5.69 Å². The number of carbonyl (C=O) groups is 2. The number of para-hydroxylation sites is 2. The highest BCUT2D eigenvalue weighted by Crippen LogP contribution is 2.23. The van der Waals surface area contributed by atoms with Crippen molar-refractivity contribution < 1.29 is 18.7 Å². The molecule has 1 N–H and O–H groups in total. The summed E-state index contributed by atoms with van der Waals surface area (Å²) in [5.74, 6) is -0.964. The Bertz CT molecular complexity index is 893. The van der Waals surface area contributed by atoms with E-state index in [-0.39, 0.29) is 5.75 Å². The van der Waals surface area contributed by atoms with Gasteiger partial charge in [0.05, 0.1) is 0 Å². The number of thioether (sulfide) groups is 1. The number of hydrogen-bond acceptors (Lipinski definition) is 6. The Hall–Kier alpha value is -2.51. The number of nitrogens with zero attached hydrogens (tertiary/aromatic N) is 1. The summed E-state index contributed by atoms with van der Waals surface area (Å²) in [7, 11) is 0. The number of nitrogens with one attached hydrogen (secondary N) is 1. The van der Waals surface area contributed by atoms with Crippen LogP contribution in [0.15, 0.2) is 58.2 Å². The smallest absolute Gasteiger partial charge is 0.317 e. The lowest BCUT2D eigenvalue weighted by Crippen LogP contribution is -2.30. The lowest BCUT2D eigenvalue weighted by Gasteiger charge is -2.13. The second-order valence-corrected chi connectivity index (χ2v) is 6.73. The number of carbonyl (C=O) groups excluding carboxylic acids is 2. The molecule has 1 aromatic heterocycles. The van der Waals surface area contributed by atoms with Gasteiger partial charge in [-0.15, -0.1) is 0 Å². The topological polar surface area (TPSA) is 81.4 Å². The maximum absolute atomic E-state index is 12.1. The van der Waals surface area contributed by atoms with Crippen molar-refractivity contribution in [1.29, 1.82) is 0 Å². The number of ether oxygens (including phenoxy) is 1. The maximum atomic E-state index is 12.1. The highest BCUT2D eigenvalue weighted by Gasteiger charge is 2.19. The number of esters is 1. The predicted octanol–water partition coefficient (Wildman–Crippen LogP) is 4.14. The molecular weight excluding hydrogens is 376 g/mol. The first-order valence-corrected chi connectivity index (χ1v) is 9.12. The molecular formula is C18H15ClN2O4S. The molecule has 0 bridgehead atoms. The predicted molar refractivity (Wildman–Crippen MR) is 100 cm³/mol. The van der Waals surface area contributed by atoms with Crippen molar-refractivity contribution in [3.63, 3.8) is 0 Å². The van der Waals surface area contributed by atoms with Gasteiger partial charge in [-0.05, 0) is 43.3 Å². The maximum Gasteiger partial charge on any atom is 0.317 e. The molecule has 0 aliphatic carbocycles. The zero-order valence-corrected chi connectivity index (χ0v) is 15.3. The molecule has 3 aromatic rings. The third kappa shape index (κ3) is 4.77. The Morgan fingerprint density at radius 3 is 2.69 bits per heavy atom. The van der Waals surface area contributed by atoms with Crippen LogP contribution in [-0.4, -0.2) is 28.7 Å². The van der Waals surface area contributed by atoms with E-state index in [1.807, 2.05) is 18.2 Å². The number of amides is 1. The van der Waals surface area contributed by atoms with Crippen molar-refractivity contribution in [2.45, 2.75) is 18.3 Å². The summed E-state index contributed by atoms with van der Waals surface area (Å²) in [6.45, 7) is 1.51. The van der Waals surface area contributed by atoms with E-state index in [0.717, 1.165) is 17.3 Å². The molecule has 26 heavy (non-hydrogen) atoms. The lowest BCUT2D eigenvalue weighted by molar-refractivity contribution is -0.150. The molecule has 1 atom stereocenters.